The second-order valence-electron chi connectivity index (χ2n) is 5.38. The lowest BCUT2D eigenvalue weighted by atomic mass is 10.1. The van der Waals surface area contributed by atoms with E-state index in [1.807, 2.05) is 24.3 Å². The van der Waals surface area contributed by atoms with Crippen LogP contribution in [0.1, 0.15) is 12.5 Å². The molecular formula is C18H17NO5. The fourth-order valence-electron chi connectivity index (χ4n) is 2.36. The van der Waals surface area contributed by atoms with Crippen molar-refractivity contribution in [3.8, 4) is 17.2 Å². The summed E-state index contributed by atoms with van der Waals surface area (Å²) in [6.07, 6.45) is 0.580. The van der Waals surface area contributed by atoms with E-state index >= 15 is 0 Å². The highest BCUT2D eigenvalue weighted by molar-refractivity contribution is 5.77. The van der Waals surface area contributed by atoms with Crippen LogP contribution in [0.4, 0.5) is 0 Å². The average molecular weight is 327 g/mol. The fraction of sp³-hybridized carbons (Fsp3) is 0.222. The molecule has 2 aromatic rings. The summed E-state index contributed by atoms with van der Waals surface area (Å²) in [5, 5.41) is 2.99. The van der Waals surface area contributed by atoms with Crippen molar-refractivity contribution < 1.29 is 23.8 Å². The van der Waals surface area contributed by atoms with Gasteiger partial charge >= 0.3 is 11.9 Å². The van der Waals surface area contributed by atoms with Gasteiger partial charge in [0, 0.05) is 6.92 Å². The SMILES string of the molecule is CC(=O)Oc1ccc(Oc2ccc(CC3NCOC3=O)cc2)cc1. The summed E-state index contributed by atoms with van der Waals surface area (Å²) in [6.45, 7) is 1.63. The van der Waals surface area contributed by atoms with E-state index in [-0.39, 0.29) is 24.7 Å². The predicted octanol–water partition coefficient (Wildman–Crippen LogP) is 2.42. The van der Waals surface area contributed by atoms with Crippen molar-refractivity contribution in [3.63, 3.8) is 0 Å². The molecule has 1 heterocycles. The van der Waals surface area contributed by atoms with Crippen LogP contribution in [0.15, 0.2) is 48.5 Å². The van der Waals surface area contributed by atoms with E-state index in [1.54, 1.807) is 24.3 Å². The van der Waals surface area contributed by atoms with Crippen LogP contribution in [0.25, 0.3) is 0 Å². The Morgan fingerprint density at radius 3 is 2.21 bits per heavy atom. The molecule has 1 atom stereocenters. The Labute approximate surface area is 139 Å². The molecule has 124 valence electrons. The zero-order valence-electron chi connectivity index (χ0n) is 13.2. The molecule has 0 radical (unpaired) electrons. The van der Waals surface area contributed by atoms with Crippen LogP contribution in [0.5, 0.6) is 17.2 Å². The molecule has 6 nitrogen and oxygen atoms in total. The summed E-state index contributed by atoms with van der Waals surface area (Å²) in [5.74, 6) is 1.21. The van der Waals surface area contributed by atoms with Gasteiger partial charge < -0.3 is 14.2 Å². The topological polar surface area (TPSA) is 73.9 Å². The smallest absolute Gasteiger partial charge is 0.324 e. The zero-order chi connectivity index (χ0) is 16.9. The highest BCUT2D eigenvalue weighted by Crippen LogP contribution is 2.24. The van der Waals surface area contributed by atoms with Crippen molar-refractivity contribution in [3.05, 3.63) is 54.1 Å². The molecule has 0 amide bonds. The molecule has 1 aliphatic heterocycles. The van der Waals surface area contributed by atoms with Crippen molar-refractivity contribution in [2.45, 2.75) is 19.4 Å². The number of benzene rings is 2. The summed E-state index contributed by atoms with van der Waals surface area (Å²) >= 11 is 0. The summed E-state index contributed by atoms with van der Waals surface area (Å²) in [6, 6.07) is 14.0. The third-order valence-electron chi connectivity index (χ3n) is 3.51. The van der Waals surface area contributed by atoms with Crippen LogP contribution < -0.4 is 14.8 Å². The molecule has 1 N–H and O–H groups in total. The van der Waals surface area contributed by atoms with Crippen LogP contribution >= 0.6 is 0 Å². The molecule has 1 saturated heterocycles. The molecule has 24 heavy (non-hydrogen) atoms. The van der Waals surface area contributed by atoms with Gasteiger partial charge in [0.05, 0.1) is 0 Å². The van der Waals surface area contributed by atoms with E-state index < -0.39 is 0 Å². The molecule has 0 spiro atoms. The van der Waals surface area contributed by atoms with E-state index in [2.05, 4.69) is 5.32 Å². The minimum Gasteiger partial charge on any atom is -0.457 e. The van der Waals surface area contributed by atoms with Crippen LogP contribution in [0.3, 0.4) is 0 Å². The number of esters is 2. The number of ether oxygens (including phenoxy) is 3. The fourth-order valence-corrected chi connectivity index (χ4v) is 2.36. The van der Waals surface area contributed by atoms with E-state index in [9.17, 15) is 9.59 Å². The third kappa shape index (κ3) is 4.11. The van der Waals surface area contributed by atoms with Crippen molar-refractivity contribution >= 4 is 11.9 Å². The lowest BCUT2D eigenvalue weighted by Crippen LogP contribution is -2.29. The number of hydrogen-bond acceptors (Lipinski definition) is 6. The van der Waals surface area contributed by atoms with E-state index in [0.29, 0.717) is 23.7 Å². The van der Waals surface area contributed by atoms with Crippen molar-refractivity contribution in [2.75, 3.05) is 6.73 Å². The van der Waals surface area contributed by atoms with Crippen molar-refractivity contribution in [1.82, 2.24) is 5.32 Å². The minimum absolute atomic E-state index is 0.219. The molecule has 0 aromatic heterocycles. The standard InChI is InChI=1S/C18H17NO5/c1-12(20)23-14-6-8-16(9-7-14)24-15-4-2-13(3-5-15)10-17-18(21)22-11-19-17/h2-9,17,19H,10-11H2,1H3. The maximum absolute atomic E-state index is 11.4. The summed E-state index contributed by atoms with van der Waals surface area (Å²) in [5.41, 5.74) is 1.02. The van der Waals surface area contributed by atoms with Crippen LogP contribution in [-0.4, -0.2) is 24.7 Å². The van der Waals surface area contributed by atoms with Gasteiger partial charge in [-0.25, -0.2) is 0 Å². The van der Waals surface area contributed by atoms with E-state index in [1.165, 1.54) is 6.92 Å². The minimum atomic E-state index is -0.361. The number of cyclic esters (lactones) is 1. The first-order valence-electron chi connectivity index (χ1n) is 7.55. The molecule has 6 heteroatoms. The maximum Gasteiger partial charge on any atom is 0.324 e. The number of rotatable bonds is 5. The second-order valence-corrected chi connectivity index (χ2v) is 5.38. The Kier molecular flexibility index (Phi) is 4.77. The molecule has 3 rings (SSSR count). The van der Waals surface area contributed by atoms with Crippen molar-refractivity contribution in [1.29, 1.82) is 0 Å². The number of nitrogens with one attached hydrogen (secondary N) is 1. The molecule has 0 aliphatic carbocycles. The van der Waals surface area contributed by atoms with Gasteiger partial charge in [0.25, 0.3) is 0 Å². The molecule has 0 saturated carbocycles. The molecule has 1 unspecified atom stereocenters. The van der Waals surface area contributed by atoms with E-state index in [0.717, 1.165) is 5.56 Å². The van der Waals surface area contributed by atoms with Crippen LogP contribution in [0.2, 0.25) is 0 Å². The molecule has 1 aliphatic rings. The van der Waals surface area contributed by atoms with E-state index in [4.69, 9.17) is 14.2 Å². The Hall–Kier alpha value is -2.86. The Bertz CT molecular complexity index is 724. The van der Waals surface area contributed by atoms with Gasteiger partial charge in [-0.3, -0.25) is 14.9 Å². The molecular weight excluding hydrogens is 310 g/mol. The second kappa shape index (κ2) is 7.14. The highest BCUT2D eigenvalue weighted by Gasteiger charge is 2.25. The first-order chi connectivity index (χ1) is 11.6. The predicted molar refractivity (Wildman–Crippen MR) is 85.9 cm³/mol. The Morgan fingerprint density at radius 1 is 1.08 bits per heavy atom. The van der Waals surface area contributed by atoms with Crippen molar-refractivity contribution in [2.24, 2.45) is 0 Å². The summed E-state index contributed by atoms with van der Waals surface area (Å²) in [7, 11) is 0. The highest BCUT2D eigenvalue weighted by atomic mass is 16.6. The summed E-state index contributed by atoms with van der Waals surface area (Å²) in [4.78, 5) is 22.3. The number of hydrogen-bond donors (Lipinski definition) is 1. The van der Waals surface area contributed by atoms with Gasteiger partial charge in [-0.05, 0) is 48.4 Å². The maximum atomic E-state index is 11.4. The molecule has 1 fully saturated rings. The largest absolute Gasteiger partial charge is 0.457 e. The lowest BCUT2D eigenvalue weighted by Gasteiger charge is -2.09. The molecule has 2 aromatic carbocycles. The monoisotopic (exact) mass is 327 g/mol. The molecule has 0 bridgehead atoms. The number of carbonyl (C=O) groups is 2. The summed E-state index contributed by atoms with van der Waals surface area (Å²) < 4.78 is 15.6. The third-order valence-corrected chi connectivity index (χ3v) is 3.51. The Morgan fingerprint density at radius 2 is 1.67 bits per heavy atom. The van der Waals surface area contributed by atoms with Gasteiger partial charge in [0.15, 0.2) is 0 Å². The van der Waals surface area contributed by atoms with Gasteiger partial charge in [0.1, 0.15) is 30.0 Å². The van der Waals surface area contributed by atoms with Crippen LogP contribution in [-0.2, 0) is 20.7 Å². The zero-order valence-corrected chi connectivity index (χ0v) is 13.2. The van der Waals surface area contributed by atoms with Gasteiger partial charge in [-0.15, -0.1) is 0 Å². The van der Waals surface area contributed by atoms with Gasteiger partial charge in [-0.2, -0.15) is 0 Å². The lowest BCUT2D eigenvalue weighted by molar-refractivity contribution is -0.139. The quantitative estimate of drug-likeness (QED) is 0.671. The van der Waals surface area contributed by atoms with Gasteiger partial charge in [-0.1, -0.05) is 12.1 Å². The first-order valence-corrected chi connectivity index (χ1v) is 7.55. The first kappa shape index (κ1) is 16.0. The normalized spacial score (nSPS) is 16.5. The van der Waals surface area contributed by atoms with Crippen LogP contribution in [0, 0.1) is 0 Å². The average Bonchev–Trinajstić information content (AvgIpc) is 2.96. The Balaban J connectivity index is 1.59. The number of carbonyl (C=O) groups excluding carboxylic acids is 2. The van der Waals surface area contributed by atoms with Gasteiger partial charge in [0.2, 0.25) is 0 Å².